The Hall–Kier alpha value is -1.91. The van der Waals surface area contributed by atoms with E-state index in [2.05, 4.69) is 26.0 Å². The molecule has 0 aromatic rings. The van der Waals surface area contributed by atoms with E-state index in [1.165, 1.54) is 13.8 Å². The zero-order valence-electron chi connectivity index (χ0n) is 18.9. The van der Waals surface area contributed by atoms with Gasteiger partial charge in [0.2, 0.25) is 0 Å². The number of hydrogen-bond donors (Lipinski definition) is 0. The van der Waals surface area contributed by atoms with Crippen molar-refractivity contribution in [3.05, 3.63) is 23.8 Å². The first-order valence-electron chi connectivity index (χ1n) is 10.6. The summed E-state index contributed by atoms with van der Waals surface area (Å²) < 4.78 is 11.5. The van der Waals surface area contributed by atoms with Gasteiger partial charge in [0.05, 0.1) is 0 Å². The molecule has 0 heterocycles. The summed E-state index contributed by atoms with van der Waals surface area (Å²) in [5, 5.41) is 0. The summed E-state index contributed by atoms with van der Waals surface area (Å²) in [6.07, 6.45) is 8.40. The summed E-state index contributed by atoms with van der Waals surface area (Å²) in [6.45, 7) is 12.9. The molecule has 0 aromatic heterocycles. The lowest BCUT2D eigenvalue weighted by Crippen LogP contribution is -2.46. The van der Waals surface area contributed by atoms with Crippen LogP contribution in [0.4, 0.5) is 0 Å². The number of allylic oxidation sites excluding steroid dienone is 3. The average Bonchev–Trinajstić information content (AvgIpc) is 2.88. The standard InChI is InChI=1S/C24H36O5/c1-15-8-10-24(7)11-9-20(23(5,6)29-18(4)26)22(24)21(28-17(3)25)14-16(2)13-19(27)12-15/h8,10,14-15,20-22H,9,11-13H2,1-7H3/b10-8+,16-14+/t15-,20+,21-,22+,24-/m1/s1. The van der Waals surface area contributed by atoms with Gasteiger partial charge in [-0.15, -0.1) is 0 Å². The Balaban J connectivity index is 2.59. The first kappa shape index (κ1) is 23.4. The SMILES string of the molecule is CC(=O)O[C@@H]1/C=C(\C)CC(=O)C[C@H](C)/C=C/[C@]2(C)CC[C@H](C(C)(C)OC(C)=O)[C@@H]12. The van der Waals surface area contributed by atoms with Gasteiger partial charge in [0.15, 0.2) is 0 Å². The molecular formula is C24H36O5. The average molecular weight is 405 g/mol. The smallest absolute Gasteiger partial charge is 0.303 e. The summed E-state index contributed by atoms with van der Waals surface area (Å²) in [5.41, 5.74) is -0.0153. The summed E-state index contributed by atoms with van der Waals surface area (Å²) in [4.78, 5) is 36.1. The normalized spacial score (nSPS) is 36.2. The van der Waals surface area contributed by atoms with Gasteiger partial charge in [-0.1, -0.05) is 31.6 Å². The van der Waals surface area contributed by atoms with Crippen LogP contribution in [0.2, 0.25) is 0 Å². The van der Waals surface area contributed by atoms with Gasteiger partial charge in [-0.25, -0.2) is 0 Å². The zero-order chi connectivity index (χ0) is 22.0. The molecule has 1 saturated carbocycles. The Kier molecular flexibility index (Phi) is 7.13. The van der Waals surface area contributed by atoms with Crippen molar-refractivity contribution in [3.63, 3.8) is 0 Å². The third-order valence-corrected chi connectivity index (χ3v) is 6.42. The maximum Gasteiger partial charge on any atom is 0.303 e. The molecule has 0 saturated heterocycles. The van der Waals surface area contributed by atoms with Crippen molar-refractivity contribution in [2.75, 3.05) is 0 Å². The molecule has 5 heteroatoms. The second-order valence-electron chi connectivity index (χ2n) is 9.72. The minimum atomic E-state index is -0.691. The Labute approximate surface area is 174 Å². The molecule has 0 bridgehead atoms. The van der Waals surface area contributed by atoms with Crippen LogP contribution in [-0.4, -0.2) is 29.4 Å². The fourth-order valence-corrected chi connectivity index (χ4v) is 5.23. The zero-order valence-corrected chi connectivity index (χ0v) is 18.9. The van der Waals surface area contributed by atoms with Crippen LogP contribution in [-0.2, 0) is 23.9 Å². The summed E-state index contributed by atoms with van der Waals surface area (Å²) in [6, 6.07) is 0. The lowest BCUT2D eigenvalue weighted by atomic mass is 9.69. The number of carbonyl (C=O) groups excluding carboxylic acids is 3. The van der Waals surface area contributed by atoms with Crippen molar-refractivity contribution in [3.8, 4) is 0 Å². The maximum absolute atomic E-state index is 12.4. The van der Waals surface area contributed by atoms with E-state index in [0.29, 0.717) is 12.8 Å². The lowest BCUT2D eigenvalue weighted by molar-refractivity contribution is -0.166. The molecule has 0 amide bonds. The van der Waals surface area contributed by atoms with Crippen LogP contribution in [0.5, 0.6) is 0 Å². The van der Waals surface area contributed by atoms with Crippen LogP contribution >= 0.6 is 0 Å². The second-order valence-corrected chi connectivity index (χ2v) is 9.72. The highest BCUT2D eigenvalue weighted by Crippen LogP contribution is 2.55. The lowest BCUT2D eigenvalue weighted by Gasteiger charge is -2.42. The van der Waals surface area contributed by atoms with E-state index in [0.717, 1.165) is 18.4 Å². The minimum absolute atomic E-state index is 0.0150. The molecule has 0 aromatic carbocycles. The number of hydrogen-bond acceptors (Lipinski definition) is 5. The van der Waals surface area contributed by atoms with Crippen molar-refractivity contribution in [2.24, 2.45) is 23.2 Å². The van der Waals surface area contributed by atoms with Gasteiger partial charge in [0.1, 0.15) is 17.5 Å². The largest absolute Gasteiger partial charge is 0.460 e. The van der Waals surface area contributed by atoms with Crippen molar-refractivity contribution in [1.29, 1.82) is 0 Å². The molecule has 0 spiro atoms. The van der Waals surface area contributed by atoms with Gasteiger partial charge in [0.25, 0.3) is 0 Å². The van der Waals surface area contributed by atoms with Crippen LogP contribution in [0.15, 0.2) is 23.8 Å². The molecule has 0 unspecified atom stereocenters. The predicted molar refractivity (Wildman–Crippen MR) is 112 cm³/mol. The Morgan fingerprint density at radius 3 is 2.45 bits per heavy atom. The summed E-state index contributed by atoms with van der Waals surface area (Å²) >= 11 is 0. The highest BCUT2D eigenvalue weighted by atomic mass is 16.6. The van der Waals surface area contributed by atoms with E-state index in [1.807, 2.05) is 26.8 Å². The number of ketones is 1. The van der Waals surface area contributed by atoms with Crippen molar-refractivity contribution < 1.29 is 23.9 Å². The van der Waals surface area contributed by atoms with Gasteiger partial charge in [0, 0.05) is 38.5 Å². The van der Waals surface area contributed by atoms with E-state index in [4.69, 9.17) is 9.47 Å². The third kappa shape index (κ3) is 5.80. The van der Waals surface area contributed by atoms with Gasteiger partial charge in [-0.2, -0.15) is 0 Å². The molecule has 162 valence electrons. The highest BCUT2D eigenvalue weighted by Gasteiger charge is 2.54. The number of fused-ring (bicyclic) bond motifs is 1. The van der Waals surface area contributed by atoms with E-state index < -0.39 is 11.7 Å². The van der Waals surface area contributed by atoms with Crippen LogP contribution in [0, 0.1) is 23.2 Å². The molecule has 2 rings (SSSR count). The van der Waals surface area contributed by atoms with E-state index in [-0.39, 0.29) is 40.9 Å². The molecule has 0 aliphatic heterocycles. The predicted octanol–water partition coefficient (Wildman–Crippen LogP) is 4.79. The Bertz CT molecular complexity index is 717. The maximum atomic E-state index is 12.4. The molecule has 2 aliphatic rings. The van der Waals surface area contributed by atoms with Crippen molar-refractivity contribution in [1.82, 2.24) is 0 Å². The third-order valence-electron chi connectivity index (χ3n) is 6.42. The van der Waals surface area contributed by atoms with Crippen LogP contribution in [0.3, 0.4) is 0 Å². The molecule has 5 atom stereocenters. The second kappa shape index (κ2) is 8.85. The molecule has 2 aliphatic carbocycles. The van der Waals surface area contributed by atoms with Gasteiger partial charge in [-0.05, 0) is 51.0 Å². The van der Waals surface area contributed by atoms with Gasteiger partial charge >= 0.3 is 11.9 Å². The number of ether oxygens (including phenoxy) is 2. The summed E-state index contributed by atoms with van der Waals surface area (Å²) in [7, 11) is 0. The van der Waals surface area contributed by atoms with E-state index in [9.17, 15) is 14.4 Å². The molecule has 5 nitrogen and oxygen atoms in total. The van der Waals surface area contributed by atoms with E-state index >= 15 is 0 Å². The molecular weight excluding hydrogens is 368 g/mol. The fourth-order valence-electron chi connectivity index (χ4n) is 5.23. The summed E-state index contributed by atoms with van der Waals surface area (Å²) in [5.74, 6) is -0.375. The number of Topliss-reactive ketones (excluding diaryl/α,β-unsaturated/α-hetero) is 1. The molecule has 1 fully saturated rings. The van der Waals surface area contributed by atoms with Gasteiger partial charge in [-0.3, -0.25) is 14.4 Å². The van der Waals surface area contributed by atoms with Crippen molar-refractivity contribution in [2.45, 2.75) is 85.9 Å². The quantitative estimate of drug-likeness (QED) is 0.499. The first-order valence-corrected chi connectivity index (χ1v) is 10.6. The van der Waals surface area contributed by atoms with E-state index in [1.54, 1.807) is 0 Å². The molecule has 0 N–H and O–H groups in total. The van der Waals surface area contributed by atoms with Crippen LogP contribution in [0.25, 0.3) is 0 Å². The first-order chi connectivity index (χ1) is 13.3. The molecule has 29 heavy (non-hydrogen) atoms. The molecule has 0 radical (unpaired) electrons. The minimum Gasteiger partial charge on any atom is -0.460 e. The topological polar surface area (TPSA) is 69.7 Å². The Morgan fingerprint density at radius 1 is 1.21 bits per heavy atom. The fraction of sp³-hybridized carbons (Fsp3) is 0.708. The van der Waals surface area contributed by atoms with Crippen LogP contribution in [0.1, 0.15) is 74.1 Å². The monoisotopic (exact) mass is 404 g/mol. The highest BCUT2D eigenvalue weighted by molar-refractivity contribution is 5.81. The number of esters is 2. The van der Waals surface area contributed by atoms with Crippen molar-refractivity contribution >= 4 is 17.7 Å². The van der Waals surface area contributed by atoms with Gasteiger partial charge < -0.3 is 9.47 Å². The Morgan fingerprint density at radius 2 is 1.86 bits per heavy atom. The van der Waals surface area contributed by atoms with Crippen LogP contribution < -0.4 is 0 Å². The number of rotatable bonds is 3. The number of carbonyl (C=O) groups is 3.